The lowest BCUT2D eigenvalue weighted by Crippen LogP contribution is -2.50. The van der Waals surface area contributed by atoms with Crippen LogP contribution in [0.5, 0.6) is 0 Å². The topological polar surface area (TPSA) is 72.8 Å². The van der Waals surface area contributed by atoms with E-state index in [0.717, 1.165) is 26.1 Å². The first-order valence-electron chi connectivity index (χ1n) is 6.79. The number of carboxylic acids is 1. The van der Waals surface area contributed by atoms with Gasteiger partial charge in [-0.25, -0.2) is 0 Å². The van der Waals surface area contributed by atoms with Gasteiger partial charge in [-0.05, 0) is 24.8 Å². The number of hydrogen-bond donors (Lipinski definition) is 3. The smallest absolute Gasteiger partial charge is 0.303 e. The molecule has 1 saturated heterocycles. The molecular formula is C13H26N2O3. The van der Waals surface area contributed by atoms with Gasteiger partial charge in [-0.15, -0.1) is 0 Å². The third-order valence-corrected chi connectivity index (χ3v) is 3.31. The number of nitrogens with zero attached hydrogens (tertiary/aromatic N) is 1. The van der Waals surface area contributed by atoms with Crippen molar-refractivity contribution in [3.05, 3.63) is 0 Å². The third-order valence-electron chi connectivity index (χ3n) is 3.31. The van der Waals surface area contributed by atoms with E-state index in [1.54, 1.807) is 0 Å². The Kier molecular flexibility index (Phi) is 6.60. The Morgan fingerprint density at radius 2 is 2.17 bits per heavy atom. The van der Waals surface area contributed by atoms with E-state index in [9.17, 15) is 4.79 Å². The van der Waals surface area contributed by atoms with Crippen molar-refractivity contribution in [3.63, 3.8) is 0 Å². The molecule has 0 amide bonds. The van der Waals surface area contributed by atoms with E-state index in [1.807, 2.05) is 0 Å². The van der Waals surface area contributed by atoms with Crippen molar-refractivity contribution in [1.29, 1.82) is 0 Å². The highest BCUT2D eigenvalue weighted by Gasteiger charge is 2.28. The number of aliphatic hydroxyl groups excluding tert-OH is 1. The number of aliphatic carboxylic acids is 1. The van der Waals surface area contributed by atoms with Crippen LogP contribution in [0.2, 0.25) is 0 Å². The van der Waals surface area contributed by atoms with E-state index in [2.05, 4.69) is 24.1 Å². The molecule has 106 valence electrons. The summed E-state index contributed by atoms with van der Waals surface area (Å²) in [5, 5.41) is 21.4. The summed E-state index contributed by atoms with van der Waals surface area (Å²) in [6.45, 7) is 7.74. The van der Waals surface area contributed by atoms with E-state index in [4.69, 9.17) is 10.2 Å². The molecule has 1 aliphatic heterocycles. The van der Waals surface area contributed by atoms with Crippen LogP contribution in [0, 0.1) is 11.8 Å². The summed E-state index contributed by atoms with van der Waals surface area (Å²) in [5.41, 5.74) is 0. The molecule has 1 fully saturated rings. The summed E-state index contributed by atoms with van der Waals surface area (Å²) in [6.07, 6.45) is 1.14. The Morgan fingerprint density at radius 3 is 2.72 bits per heavy atom. The van der Waals surface area contributed by atoms with Crippen molar-refractivity contribution >= 4 is 5.97 Å². The highest BCUT2D eigenvalue weighted by molar-refractivity contribution is 5.67. The fraction of sp³-hybridized carbons (Fsp3) is 0.923. The average Bonchev–Trinajstić information content (AvgIpc) is 2.25. The Morgan fingerprint density at radius 1 is 1.44 bits per heavy atom. The maximum Gasteiger partial charge on any atom is 0.303 e. The van der Waals surface area contributed by atoms with Gasteiger partial charge in [0.2, 0.25) is 0 Å². The van der Waals surface area contributed by atoms with Gasteiger partial charge < -0.3 is 15.5 Å². The molecule has 1 aliphatic rings. The lowest BCUT2D eigenvalue weighted by Gasteiger charge is -2.37. The second-order valence-corrected chi connectivity index (χ2v) is 5.68. The van der Waals surface area contributed by atoms with Crippen LogP contribution in [0.15, 0.2) is 0 Å². The van der Waals surface area contributed by atoms with Gasteiger partial charge in [0.15, 0.2) is 0 Å². The molecule has 1 heterocycles. The third kappa shape index (κ3) is 5.80. The summed E-state index contributed by atoms with van der Waals surface area (Å²) < 4.78 is 0. The predicted octanol–water partition coefficient (Wildman–Crippen LogP) is 0.390. The van der Waals surface area contributed by atoms with Gasteiger partial charge in [0.1, 0.15) is 0 Å². The summed E-state index contributed by atoms with van der Waals surface area (Å²) in [6, 6.07) is 0.344. The number of likely N-dealkylation sites (tertiary alicyclic amines) is 1. The number of carbonyl (C=O) groups is 1. The van der Waals surface area contributed by atoms with Gasteiger partial charge in [0.25, 0.3) is 0 Å². The fourth-order valence-corrected chi connectivity index (χ4v) is 2.57. The Hall–Kier alpha value is -0.650. The van der Waals surface area contributed by atoms with Crippen LogP contribution in [0.3, 0.4) is 0 Å². The number of aliphatic hydroxyl groups is 1. The maximum atomic E-state index is 10.8. The zero-order chi connectivity index (χ0) is 13.5. The second kappa shape index (κ2) is 7.71. The minimum absolute atomic E-state index is 0.136. The van der Waals surface area contributed by atoms with Crippen LogP contribution in [-0.4, -0.2) is 59.9 Å². The highest BCUT2D eigenvalue weighted by atomic mass is 16.4. The molecule has 2 atom stereocenters. The minimum atomic E-state index is -0.728. The van der Waals surface area contributed by atoms with Crippen molar-refractivity contribution in [1.82, 2.24) is 10.2 Å². The highest BCUT2D eigenvalue weighted by Crippen LogP contribution is 2.20. The van der Waals surface area contributed by atoms with Crippen LogP contribution in [0.25, 0.3) is 0 Å². The first-order valence-corrected chi connectivity index (χ1v) is 6.79. The van der Waals surface area contributed by atoms with Crippen molar-refractivity contribution < 1.29 is 15.0 Å². The summed E-state index contributed by atoms with van der Waals surface area (Å²) in [4.78, 5) is 13.0. The molecule has 5 heteroatoms. The Bertz CT molecular complexity index is 259. The predicted molar refractivity (Wildman–Crippen MR) is 70.5 cm³/mol. The van der Waals surface area contributed by atoms with Gasteiger partial charge in [0.05, 0.1) is 6.61 Å². The molecule has 0 radical (unpaired) electrons. The second-order valence-electron chi connectivity index (χ2n) is 5.68. The van der Waals surface area contributed by atoms with Crippen molar-refractivity contribution in [3.8, 4) is 0 Å². The summed E-state index contributed by atoms with van der Waals surface area (Å²) in [5.74, 6) is 0.0528. The van der Waals surface area contributed by atoms with Gasteiger partial charge in [-0.1, -0.05) is 13.8 Å². The number of carboxylic acid groups (broad SMARTS) is 1. The molecule has 5 nitrogen and oxygen atoms in total. The number of β-amino-alcohol motifs (C(OH)–C–C–N with tert-alkyl or cyclic N) is 1. The SMILES string of the molecule is CC(C)CNC1CC(CC(=O)O)CN(CCO)C1. The van der Waals surface area contributed by atoms with Crippen LogP contribution in [0.4, 0.5) is 0 Å². The first-order chi connectivity index (χ1) is 8.51. The standard InChI is InChI=1S/C13H26N2O3/c1-10(2)7-14-12-5-11(6-13(17)18)8-15(9-12)3-4-16/h10-12,14,16H,3-9H2,1-2H3,(H,17,18). The van der Waals surface area contributed by atoms with Crippen molar-refractivity contribution in [2.75, 3.05) is 32.8 Å². The van der Waals surface area contributed by atoms with Crippen LogP contribution < -0.4 is 5.32 Å². The quantitative estimate of drug-likeness (QED) is 0.616. The zero-order valence-corrected chi connectivity index (χ0v) is 11.4. The van der Waals surface area contributed by atoms with Gasteiger partial charge >= 0.3 is 5.97 Å². The van der Waals surface area contributed by atoms with E-state index < -0.39 is 5.97 Å². The number of nitrogens with one attached hydrogen (secondary N) is 1. The molecule has 0 aliphatic carbocycles. The summed E-state index contributed by atoms with van der Waals surface area (Å²) >= 11 is 0. The molecule has 3 N–H and O–H groups in total. The Balaban J connectivity index is 2.47. The Labute approximate surface area is 109 Å². The fourth-order valence-electron chi connectivity index (χ4n) is 2.57. The molecule has 0 spiro atoms. The molecule has 0 aromatic rings. The van der Waals surface area contributed by atoms with Gasteiger partial charge in [-0.2, -0.15) is 0 Å². The van der Waals surface area contributed by atoms with Crippen molar-refractivity contribution in [2.24, 2.45) is 11.8 Å². The lowest BCUT2D eigenvalue weighted by atomic mass is 9.91. The molecule has 1 rings (SSSR count). The van der Waals surface area contributed by atoms with Crippen LogP contribution in [0.1, 0.15) is 26.7 Å². The largest absolute Gasteiger partial charge is 0.481 e. The molecule has 0 saturated carbocycles. The molecule has 0 aromatic carbocycles. The molecule has 2 unspecified atom stereocenters. The van der Waals surface area contributed by atoms with Gasteiger partial charge in [-0.3, -0.25) is 9.69 Å². The van der Waals surface area contributed by atoms with Crippen LogP contribution in [-0.2, 0) is 4.79 Å². The van der Waals surface area contributed by atoms with Crippen LogP contribution >= 0.6 is 0 Å². The average molecular weight is 258 g/mol. The minimum Gasteiger partial charge on any atom is -0.481 e. The molecular weight excluding hydrogens is 232 g/mol. The van der Waals surface area contributed by atoms with Gasteiger partial charge in [0, 0.05) is 32.1 Å². The van der Waals surface area contributed by atoms with E-state index in [1.165, 1.54) is 0 Å². The monoisotopic (exact) mass is 258 g/mol. The number of rotatable bonds is 7. The molecule has 18 heavy (non-hydrogen) atoms. The normalized spacial score (nSPS) is 25.6. The zero-order valence-electron chi connectivity index (χ0n) is 11.4. The molecule has 0 aromatic heterocycles. The van der Waals surface area contributed by atoms with E-state index in [0.29, 0.717) is 18.5 Å². The maximum absolute atomic E-state index is 10.8. The lowest BCUT2D eigenvalue weighted by molar-refractivity contribution is -0.138. The number of piperidine rings is 1. The van der Waals surface area contributed by atoms with E-state index in [-0.39, 0.29) is 18.9 Å². The van der Waals surface area contributed by atoms with Crippen molar-refractivity contribution in [2.45, 2.75) is 32.7 Å². The van der Waals surface area contributed by atoms with E-state index >= 15 is 0 Å². The summed E-state index contributed by atoms with van der Waals surface area (Å²) in [7, 11) is 0. The number of hydrogen-bond acceptors (Lipinski definition) is 4. The molecule has 0 bridgehead atoms. The first kappa shape index (κ1) is 15.4.